The minimum absolute atomic E-state index is 0.191. The van der Waals surface area contributed by atoms with Crippen LogP contribution < -0.4 is 10.6 Å². The van der Waals surface area contributed by atoms with Gasteiger partial charge in [-0.25, -0.2) is 0 Å². The number of nitrogens with one attached hydrogen (secondary N) is 2. The van der Waals surface area contributed by atoms with Gasteiger partial charge < -0.3 is 15.2 Å². The summed E-state index contributed by atoms with van der Waals surface area (Å²) in [6, 6.07) is 8.40. The first kappa shape index (κ1) is 13.4. The molecule has 0 bridgehead atoms. The molecule has 100 valence electrons. The molecule has 2 rings (SSSR count). The van der Waals surface area contributed by atoms with E-state index in [1.807, 2.05) is 12.1 Å². The predicted molar refractivity (Wildman–Crippen MR) is 74.4 cm³/mol. The lowest BCUT2D eigenvalue weighted by Gasteiger charge is -2.14. The fourth-order valence-electron chi connectivity index (χ4n) is 1.52. The third-order valence-corrected chi connectivity index (χ3v) is 2.75. The number of benzene rings is 1. The highest BCUT2D eigenvalue weighted by Gasteiger charge is 2.14. The van der Waals surface area contributed by atoms with Crippen LogP contribution in [-0.2, 0) is 4.79 Å². The number of carbonyl (C=O) groups is 1. The lowest BCUT2D eigenvalue weighted by Crippen LogP contribution is -2.31. The van der Waals surface area contributed by atoms with Crippen LogP contribution in [0.15, 0.2) is 34.9 Å². The Kier molecular flexibility index (Phi) is 4.06. The molecule has 0 radical (unpaired) electrons. The van der Waals surface area contributed by atoms with E-state index >= 15 is 0 Å². The summed E-state index contributed by atoms with van der Waals surface area (Å²) in [5.41, 5.74) is 0.823. The second-order valence-corrected chi connectivity index (χ2v) is 4.62. The van der Waals surface area contributed by atoms with Gasteiger partial charge >= 0.3 is 0 Å². The molecular weight excluding hydrogens is 266 g/mol. The number of carbonyl (C=O) groups excluding carboxylic acids is 1. The number of hydrogen-bond acceptors (Lipinski definition) is 4. The van der Waals surface area contributed by atoms with Crippen LogP contribution in [0.2, 0.25) is 5.02 Å². The molecule has 19 heavy (non-hydrogen) atoms. The molecule has 2 N–H and O–H groups in total. The average molecular weight is 280 g/mol. The Hall–Kier alpha value is -2.01. The molecule has 0 saturated carbocycles. The van der Waals surface area contributed by atoms with Crippen molar-refractivity contribution >= 4 is 29.0 Å². The monoisotopic (exact) mass is 279 g/mol. The number of aryl methyl sites for hydroxylation is 1. The summed E-state index contributed by atoms with van der Waals surface area (Å²) in [6.07, 6.45) is 0. The van der Waals surface area contributed by atoms with Crippen LogP contribution in [0.3, 0.4) is 0 Å². The van der Waals surface area contributed by atoms with Crippen molar-refractivity contribution in [2.45, 2.75) is 19.9 Å². The van der Waals surface area contributed by atoms with Gasteiger partial charge in [0.2, 0.25) is 5.91 Å². The third-order valence-electron chi connectivity index (χ3n) is 2.50. The minimum Gasteiger partial charge on any atom is -0.374 e. The molecular formula is C13H14ClN3O2. The number of anilines is 2. The molecule has 0 saturated heterocycles. The maximum absolute atomic E-state index is 11.9. The highest BCUT2D eigenvalue weighted by atomic mass is 35.5. The molecule has 0 unspecified atom stereocenters. The molecule has 1 heterocycles. The first-order valence-electron chi connectivity index (χ1n) is 5.81. The zero-order chi connectivity index (χ0) is 13.8. The normalized spacial score (nSPS) is 11.9. The summed E-state index contributed by atoms with van der Waals surface area (Å²) in [5.74, 6) is 0.865. The van der Waals surface area contributed by atoms with Crippen molar-refractivity contribution in [2.75, 3.05) is 10.6 Å². The van der Waals surface area contributed by atoms with E-state index in [1.165, 1.54) is 0 Å². The van der Waals surface area contributed by atoms with Gasteiger partial charge in [-0.1, -0.05) is 16.8 Å². The summed E-state index contributed by atoms with van der Waals surface area (Å²) in [5, 5.41) is 10.1. The van der Waals surface area contributed by atoms with Crippen molar-refractivity contribution in [1.29, 1.82) is 0 Å². The van der Waals surface area contributed by atoms with Crippen molar-refractivity contribution < 1.29 is 9.32 Å². The zero-order valence-corrected chi connectivity index (χ0v) is 11.4. The SMILES string of the molecule is Cc1cc(NC(=O)[C@@H](C)Nc2ccc(Cl)cc2)no1. The molecule has 0 spiro atoms. The van der Waals surface area contributed by atoms with E-state index in [9.17, 15) is 4.79 Å². The number of hydrogen-bond donors (Lipinski definition) is 2. The third kappa shape index (κ3) is 3.72. The fourth-order valence-corrected chi connectivity index (χ4v) is 1.65. The Morgan fingerprint density at radius 2 is 2.05 bits per heavy atom. The lowest BCUT2D eigenvalue weighted by atomic mass is 10.2. The fraction of sp³-hybridized carbons (Fsp3) is 0.231. The van der Waals surface area contributed by atoms with Gasteiger partial charge in [0.1, 0.15) is 11.8 Å². The number of amides is 1. The van der Waals surface area contributed by atoms with Gasteiger partial charge in [0.05, 0.1) is 0 Å². The lowest BCUT2D eigenvalue weighted by molar-refractivity contribution is -0.116. The summed E-state index contributed by atoms with van der Waals surface area (Å²) in [7, 11) is 0. The number of nitrogens with zero attached hydrogens (tertiary/aromatic N) is 1. The average Bonchev–Trinajstić information content (AvgIpc) is 2.77. The van der Waals surface area contributed by atoms with E-state index in [4.69, 9.17) is 16.1 Å². The van der Waals surface area contributed by atoms with Crippen LogP contribution in [0.4, 0.5) is 11.5 Å². The van der Waals surface area contributed by atoms with E-state index in [-0.39, 0.29) is 5.91 Å². The van der Waals surface area contributed by atoms with Crippen molar-refractivity contribution in [1.82, 2.24) is 5.16 Å². The first-order chi connectivity index (χ1) is 9.04. The molecule has 1 atom stereocenters. The summed E-state index contributed by atoms with van der Waals surface area (Å²) < 4.78 is 4.88. The Morgan fingerprint density at radius 3 is 2.63 bits per heavy atom. The van der Waals surface area contributed by atoms with E-state index in [0.29, 0.717) is 16.6 Å². The number of halogens is 1. The molecule has 0 aliphatic heterocycles. The topological polar surface area (TPSA) is 67.2 Å². The highest BCUT2D eigenvalue weighted by molar-refractivity contribution is 6.30. The van der Waals surface area contributed by atoms with E-state index in [2.05, 4.69) is 15.8 Å². The Labute approximate surface area is 115 Å². The maximum atomic E-state index is 11.9. The highest BCUT2D eigenvalue weighted by Crippen LogP contribution is 2.15. The van der Waals surface area contributed by atoms with Gasteiger partial charge in [-0.3, -0.25) is 4.79 Å². The second-order valence-electron chi connectivity index (χ2n) is 4.18. The molecule has 1 amide bonds. The van der Waals surface area contributed by atoms with Gasteiger partial charge in [0.15, 0.2) is 5.82 Å². The molecule has 1 aromatic carbocycles. The molecule has 6 heteroatoms. The molecule has 1 aromatic heterocycles. The molecule has 0 fully saturated rings. The first-order valence-corrected chi connectivity index (χ1v) is 6.18. The van der Waals surface area contributed by atoms with Crippen LogP contribution in [0.5, 0.6) is 0 Å². The minimum atomic E-state index is -0.404. The van der Waals surface area contributed by atoms with Crippen LogP contribution in [0, 0.1) is 6.92 Å². The summed E-state index contributed by atoms with van der Waals surface area (Å²) in [4.78, 5) is 11.9. The number of rotatable bonds is 4. The van der Waals surface area contributed by atoms with E-state index < -0.39 is 6.04 Å². The summed E-state index contributed by atoms with van der Waals surface area (Å²) in [6.45, 7) is 3.52. The molecule has 5 nitrogen and oxygen atoms in total. The van der Waals surface area contributed by atoms with E-state index in [0.717, 1.165) is 5.69 Å². The standard InChI is InChI=1S/C13H14ClN3O2/c1-8-7-12(17-19-8)16-13(18)9(2)15-11-5-3-10(14)4-6-11/h3-7,9,15H,1-2H3,(H,16,17,18)/t9-/m1/s1. The smallest absolute Gasteiger partial charge is 0.247 e. The summed E-state index contributed by atoms with van der Waals surface area (Å²) >= 11 is 5.79. The molecule has 0 aliphatic rings. The number of aromatic nitrogens is 1. The molecule has 2 aromatic rings. The van der Waals surface area contributed by atoms with Gasteiger partial charge in [0, 0.05) is 16.8 Å². The zero-order valence-electron chi connectivity index (χ0n) is 10.6. The Balaban J connectivity index is 1.94. The van der Waals surface area contributed by atoms with Crippen molar-refractivity contribution in [3.05, 3.63) is 41.1 Å². The molecule has 0 aliphatic carbocycles. The quantitative estimate of drug-likeness (QED) is 0.902. The van der Waals surface area contributed by atoms with Gasteiger partial charge in [-0.15, -0.1) is 0 Å². The van der Waals surface area contributed by atoms with Gasteiger partial charge in [0.25, 0.3) is 0 Å². The second kappa shape index (κ2) is 5.75. The van der Waals surface area contributed by atoms with Gasteiger partial charge in [-0.2, -0.15) is 0 Å². The largest absolute Gasteiger partial charge is 0.374 e. The van der Waals surface area contributed by atoms with Crippen molar-refractivity contribution in [3.8, 4) is 0 Å². The van der Waals surface area contributed by atoms with Crippen LogP contribution in [0.25, 0.3) is 0 Å². The van der Waals surface area contributed by atoms with Crippen LogP contribution >= 0.6 is 11.6 Å². The predicted octanol–water partition coefficient (Wildman–Crippen LogP) is 3.08. The van der Waals surface area contributed by atoms with Crippen molar-refractivity contribution in [3.63, 3.8) is 0 Å². The van der Waals surface area contributed by atoms with Crippen molar-refractivity contribution in [2.24, 2.45) is 0 Å². The maximum Gasteiger partial charge on any atom is 0.247 e. The van der Waals surface area contributed by atoms with Gasteiger partial charge in [-0.05, 0) is 38.1 Å². The van der Waals surface area contributed by atoms with Crippen LogP contribution in [0.1, 0.15) is 12.7 Å². The van der Waals surface area contributed by atoms with Crippen LogP contribution in [-0.4, -0.2) is 17.1 Å². The Bertz CT molecular complexity index is 566. The Morgan fingerprint density at radius 1 is 1.37 bits per heavy atom. The van der Waals surface area contributed by atoms with E-state index in [1.54, 1.807) is 32.0 Å².